The van der Waals surface area contributed by atoms with Crippen LogP contribution in [-0.2, 0) is 11.2 Å². The number of piperidine rings is 1. The van der Waals surface area contributed by atoms with E-state index in [0.29, 0.717) is 26.2 Å². The Labute approximate surface area is 188 Å². The Kier molecular flexibility index (Phi) is 8.75. The van der Waals surface area contributed by atoms with Gasteiger partial charge in [-0.05, 0) is 38.8 Å². The molecule has 8 nitrogen and oxygen atoms in total. The fourth-order valence-corrected chi connectivity index (χ4v) is 4.25. The van der Waals surface area contributed by atoms with Crippen molar-refractivity contribution >= 4 is 23.4 Å². The third-order valence-corrected chi connectivity index (χ3v) is 6.33. The number of ether oxygens (including phenoxy) is 1. The van der Waals surface area contributed by atoms with Gasteiger partial charge >= 0.3 is 6.09 Å². The Morgan fingerprint density at radius 3 is 2.90 bits per heavy atom. The minimum atomic E-state index is -0.223. The highest BCUT2D eigenvalue weighted by Crippen LogP contribution is 2.21. The van der Waals surface area contributed by atoms with Crippen LogP contribution in [0.5, 0.6) is 0 Å². The molecule has 2 aromatic heterocycles. The summed E-state index contributed by atoms with van der Waals surface area (Å²) in [7, 11) is 0. The number of rotatable bonds is 8. The highest BCUT2D eigenvalue weighted by molar-refractivity contribution is 7.11. The zero-order chi connectivity index (χ0) is 22.1. The molecule has 2 N–H and O–H groups in total. The molecule has 1 unspecified atom stereocenters. The predicted octanol–water partition coefficient (Wildman–Crippen LogP) is 3.55. The Bertz CT molecular complexity index is 828. The van der Waals surface area contributed by atoms with E-state index in [1.54, 1.807) is 22.5 Å². The molecular weight excluding hydrogens is 414 g/mol. The van der Waals surface area contributed by atoms with Crippen molar-refractivity contribution in [2.24, 2.45) is 4.99 Å². The lowest BCUT2D eigenvalue weighted by atomic mass is 10.1. The van der Waals surface area contributed by atoms with Crippen molar-refractivity contribution in [3.05, 3.63) is 40.2 Å². The van der Waals surface area contributed by atoms with Gasteiger partial charge < -0.3 is 24.7 Å². The topological polar surface area (TPSA) is 92.0 Å². The lowest BCUT2D eigenvalue weighted by molar-refractivity contribution is 0.0963. The predicted molar refractivity (Wildman–Crippen MR) is 123 cm³/mol. The second-order valence-electron chi connectivity index (χ2n) is 7.76. The summed E-state index contributed by atoms with van der Waals surface area (Å²) < 4.78 is 10.5. The summed E-state index contributed by atoms with van der Waals surface area (Å²) in [5.74, 6) is 2.00. The molecule has 1 atom stereocenters. The molecule has 0 spiro atoms. The Balaban J connectivity index is 1.55. The molecule has 1 aliphatic rings. The number of nitrogens with one attached hydrogen (secondary N) is 2. The van der Waals surface area contributed by atoms with E-state index in [1.807, 2.05) is 25.3 Å². The van der Waals surface area contributed by atoms with Crippen LogP contribution < -0.4 is 10.6 Å². The molecule has 2 aromatic rings. The third-order valence-electron chi connectivity index (χ3n) is 5.19. The first kappa shape index (κ1) is 23.1. The number of hydrogen-bond acceptors (Lipinski definition) is 6. The molecule has 31 heavy (non-hydrogen) atoms. The smallest absolute Gasteiger partial charge is 0.409 e. The average molecular weight is 448 g/mol. The molecule has 0 saturated carbocycles. The van der Waals surface area contributed by atoms with Crippen LogP contribution in [-0.4, -0.2) is 60.8 Å². The molecular formula is C22H33N5O3S. The van der Waals surface area contributed by atoms with Gasteiger partial charge in [-0.15, -0.1) is 11.3 Å². The Morgan fingerprint density at radius 2 is 2.26 bits per heavy atom. The van der Waals surface area contributed by atoms with E-state index in [9.17, 15) is 4.79 Å². The van der Waals surface area contributed by atoms with Crippen molar-refractivity contribution in [1.29, 1.82) is 0 Å². The first-order chi connectivity index (χ1) is 15.0. The van der Waals surface area contributed by atoms with E-state index >= 15 is 0 Å². The van der Waals surface area contributed by atoms with Crippen molar-refractivity contribution in [2.45, 2.75) is 52.0 Å². The summed E-state index contributed by atoms with van der Waals surface area (Å²) in [4.78, 5) is 24.2. The lowest BCUT2D eigenvalue weighted by Gasteiger charge is -2.32. The third kappa shape index (κ3) is 7.27. The summed E-state index contributed by atoms with van der Waals surface area (Å²) in [6, 6.07) is 4.14. The number of likely N-dealkylation sites (tertiary alicyclic amines) is 1. The largest absolute Gasteiger partial charge is 0.469 e. The number of carbonyl (C=O) groups excluding carboxylic acids is 1. The maximum Gasteiger partial charge on any atom is 0.409 e. The number of hydrogen-bond donors (Lipinski definition) is 2. The molecule has 1 amide bonds. The summed E-state index contributed by atoms with van der Waals surface area (Å²) >= 11 is 1.72. The first-order valence-electron chi connectivity index (χ1n) is 11.0. The minimum absolute atomic E-state index is 0.223. The maximum atomic E-state index is 11.9. The number of furan rings is 1. The van der Waals surface area contributed by atoms with Crippen LogP contribution in [0.25, 0.3) is 0 Å². The fraction of sp³-hybridized carbons (Fsp3) is 0.591. The molecule has 3 heterocycles. The second kappa shape index (κ2) is 11.7. The number of guanidine groups is 1. The summed E-state index contributed by atoms with van der Waals surface area (Å²) in [6.07, 6.45) is 5.89. The van der Waals surface area contributed by atoms with Crippen molar-refractivity contribution < 1.29 is 13.9 Å². The Morgan fingerprint density at radius 1 is 1.45 bits per heavy atom. The van der Waals surface area contributed by atoms with Crippen molar-refractivity contribution in [3.63, 3.8) is 0 Å². The maximum absolute atomic E-state index is 11.9. The van der Waals surface area contributed by atoms with Gasteiger partial charge in [0.15, 0.2) is 5.96 Å². The van der Waals surface area contributed by atoms with E-state index in [4.69, 9.17) is 14.1 Å². The van der Waals surface area contributed by atoms with Gasteiger partial charge in [0.1, 0.15) is 5.76 Å². The van der Waals surface area contributed by atoms with E-state index in [-0.39, 0.29) is 18.1 Å². The van der Waals surface area contributed by atoms with Crippen LogP contribution in [0.1, 0.15) is 48.3 Å². The van der Waals surface area contributed by atoms with E-state index in [2.05, 4.69) is 29.5 Å². The van der Waals surface area contributed by atoms with Gasteiger partial charge in [-0.1, -0.05) is 6.92 Å². The average Bonchev–Trinajstić information content (AvgIpc) is 3.44. The summed E-state index contributed by atoms with van der Waals surface area (Å²) in [6.45, 7) is 9.22. The van der Waals surface area contributed by atoms with Crippen LogP contribution in [0.2, 0.25) is 0 Å². The molecule has 0 aromatic carbocycles. The molecule has 1 fully saturated rings. The summed E-state index contributed by atoms with van der Waals surface area (Å²) in [5.41, 5.74) is 0. The van der Waals surface area contributed by atoms with Crippen LogP contribution in [0.3, 0.4) is 0 Å². The molecule has 0 aliphatic carbocycles. The van der Waals surface area contributed by atoms with Gasteiger partial charge in [0.25, 0.3) is 0 Å². The number of aromatic nitrogens is 1. The van der Waals surface area contributed by atoms with Crippen LogP contribution >= 0.6 is 11.3 Å². The number of thiazole rings is 1. The molecule has 0 bridgehead atoms. The SMILES string of the molecule is CCOC(=O)N1CCC(NC(=NCC(C)c2ncc(C)s2)NCCc2ccco2)CC1. The van der Waals surface area contributed by atoms with Crippen molar-refractivity contribution in [2.75, 3.05) is 32.8 Å². The van der Waals surface area contributed by atoms with Crippen molar-refractivity contribution in [1.82, 2.24) is 20.5 Å². The van der Waals surface area contributed by atoms with Gasteiger partial charge in [0.05, 0.1) is 24.4 Å². The van der Waals surface area contributed by atoms with Crippen LogP contribution in [0.4, 0.5) is 4.79 Å². The fourth-order valence-electron chi connectivity index (χ4n) is 3.43. The first-order valence-corrected chi connectivity index (χ1v) is 11.8. The highest BCUT2D eigenvalue weighted by atomic mass is 32.1. The van der Waals surface area contributed by atoms with E-state index in [1.165, 1.54) is 4.88 Å². The molecule has 0 radical (unpaired) electrons. The van der Waals surface area contributed by atoms with E-state index < -0.39 is 0 Å². The van der Waals surface area contributed by atoms with E-state index in [0.717, 1.165) is 42.5 Å². The normalized spacial score (nSPS) is 16.2. The standard InChI is InChI=1S/C22H33N5O3S/c1-4-29-22(28)27-11-8-18(9-12-27)26-21(23-10-7-19-6-5-13-30-19)25-14-16(2)20-24-15-17(3)31-20/h5-6,13,15-16,18H,4,7-12,14H2,1-3H3,(H2,23,25,26). The van der Waals surface area contributed by atoms with Crippen molar-refractivity contribution in [3.8, 4) is 0 Å². The van der Waals surface area contributed by atoms with Gasteiger partial charge in [-0.2, -0.15) is 0 Å². The lowest BCUT2D eigenvalue weighted by Crippen LogP contribution is -2.50. The molecule has 1 aliphatic heterocycles. The number of aryl methyl sites for hydroxylation is 1. The van der Waals surface area contributed by atoms with Gasteiger partial charge in [-0.3, -0.25) is 4.99 Å². The van der Waals surface area contributed by atoms with Gasteiger partial charge in [-0.25, -0.2) is 9.78 Å². The molecule has 3 rings (SSSR count). The highest BCUT2D eigenvalue weighted by Gasteiger charge is 2.24. The quantitative estimate of drug-likeness (QED) is 0.475. The molecule has 170 valence electrons. The zero-order valence-electron chi connectivity index (χ0n) is 18.6. The van der Waals surface area contributed by atoms with Crippen LogP contribution in [0.15, 0.2) is 34.0 Å². The number of nitrogens with zero attached hydrogens (tertiary/aromatic N) is 3. The van der Waals surface area contributed by atoms with Gasteiger partial charge in [0.2, 0.25) is 0 Å². The van der Waals surface area contributed by atoms with Gasteiger partial charge in [0, 0.05) is 49.1 Å². The summed E-state index contributed by atoms with van der Waals surface area (Å²) in [5, 5.41) is 8.09. The zero-order valence-corrected chi connectivity index (χ0v) is 19.4. The number of carbonyl (C=O) groups is 1. The second-order valence-corrected chi connectivity index (χ2v) is 9.03. The van der Waals surface area contributed by atoms with Crippen LogP contribution in [0, 0.1) is 6.92 Å². The Hall–Kier alpha value is -2.55. The number of aliphatic imine (C=N–C) groups is 1. The minimum Gasteiger partial charge on any atom is -0.469 e. The number of amides is 1. The molecule has 1 saturated heterocycles. The molecule has 9 heteroatoms. The monoisotopic (exact) mass is 447 g/mol.